The Balaban J connectivity index is 1.76. The number of benzene rings is 2. The molecule has 7 nitrogen and oxygen atoms in total. The zero-order valence-electron chi connectivity index (χ0n) is 24.1. The Labute approximate surface area is 243 Å². The van der Waals surface area contributed by atoms with E-state index in [4.69, 9.17) is 9.47 Å². The number of aromatic hydroxyl groups is 1. The standard InChI is InChI=1S/C32H36F3NO6/c1-5-24(18-22-9-7-6-8-10-22)26(19-23-11-13-25(14-12-23)42-32(33,34)35)21(3)41-31(39)20(2)17-27(37)29-30(38)28(40-4)15-16-36-29/h6-16,20-21,24,26,38H,5,17-19H2,1-4H3/t20-,21+,24-,26+/m1/s1. The van der Waals surface area contributed by atoms with Gasteiger partial charge in [-0.1, -0.05) is 62.7 Å². The lowest BCUT2D eigenvalue weighted by atomic mass is 9.78. The Morgan fingerprint density at radius 1 is 0.952 bits per heavy atom. The molecule has 0 bridgehead atoms. The molecule has 0 saturated carbocycles. The monoisotopic (exact) mass is 587 g/mol. The number of aromatic nitrogens is 1. The summed E-state index contributed by atoms with van der Waals surface area (Å²) in [6.45, 7) is 5.41. The molecule has 0 aliphatic carbocycles. The Hall–Kier alpha value is -4.08. The van der Waals surface area contributed by atoms with Crippen LogP contribution >= 0.6 is 0 Å². The first kappa shape index (κ1) is 32.4. The summed E-state index contributed by atoms with van der Waals surface area (Å²) < 4.78 is 52.8. The molecule has 3 aromatic rings. The molecule has 3 rings (SSSR count). The van der Waals surface area contributed by atoms with Gasteiger partial charge in [0.15, 0.2) is 23.0 Å². The number of ketones is 1. The van der Waals surface area contributed by atoms with Gasteiger partial charge in [-0.05, 0) is 48.9 Å². The van der Waals surface area contributed by atoms with Crippen LogP contribution in [0.15, 0.2) is 66.9 Å². The molecule has 0 radical (unpaired) electrons. The number of carbonyl (C=O) groups excluding carboxylic acids is 2. The van der Waals surface area contributed by atoms with Crippen molar-refractivity contribution in [1.29, 1.82) is 0 Å². The van der Waals surface area contributed by atoms with Crippen LogP contribution in [0.4, 0.5) is 13.2 Å². The predicted octanol–water partition coefficient (Wildman–Crippen LogP) is 6.96. The van der Waals surface area contributed by atoms with Crippen LogP contribution < -0.4 is 9.47 Å². The fourth-order valence-electron chi connectivity index (χ4n) is 4.98. The van der Waals surface area contributed by atoms with Crippen LogP contribution in [0.25, 0.3) is 0 Å². The summed E-state index contributed by atoms with van der Waals surface area (Å²) in [6.07, 6.45) is -2.32. The van der Waals surface area contributed by atoms with Gasteiger partial charge in [-0.25, -0.2) is 4.98 Å². The van der Waals surface area contributed by atoms with Gasteiger partial charge in [-0.3, -0.25) is 9.59 Å². The second kappa shape index (κ2) is 14.7. The van der Waals surface area contributed by atoms with Gasteiger partial charge in [0.2, 0.25) is 0 Å². The molecule has 1 N–H and O–H groups in total. The number of hydrogen-bond donors (Lipinski definition) is 1. The summed E-state index contributed by atoms with van der Waals surface area (Å²) in [5, 5.41) is 10.3. The highest BCUT2D eigenvalue weighted by atomic mass is 19.4. The van der Waals surface area contributed by atoms with E-state index in [1.807, 2.05) is 37.3 Å². The van der Waals surface area contributed by atoms with Crippen molar-refractivity contribution >= 4 is 11.8 Å². The number of esters is 1. The van der Waals surface area contributed by atoms with Crippen molar-refractivity contribution in [2.75, 3.05) is 7.11 Å². The van der Waals surface area contributed by atoms with Gasteiger partial charge in [0.05, 0.1) is 13.0 Å². The highest BCUT2D eigenvalue weighted by Crippen LogP contribution is 2.32. The first-order chi connectivity index (χ1) is 19.9. The van der Waals surface area contributed by atoms with Crippen molar-refractivity contribution < 1.29 is 42.1 Å². The van der Waals surface area contributed by atoms with Crippen LogP contribution in [-0.4, -0.2) is 41.4 Å². The van der Waals surface area contributed by atoms with Crippen LogP contribution in [-0.2, 0) is 22.4 Å². The summed E-state index contributed by atoms with van der Waals surface area (Å²) in [5.41, 5.74) is 1.70. The summed E-state index contributed by atoms with van der Waals surface area (Å²) in [5.74, 6) is -2.63. The number of halogens is 3. The number of nitrogens with zero attached hydrogens (tertiary/aromatic N) is 1. The first-order valence-electron chi connectivity index (χ1n) is 13.8. The highest BCUT2D eigenvalue weighted by molar-refractivity contribution is 5.99. The quantitative estimate of drug-likeness (QED) is 0.161. The Kier molecular flexibility index (Phi) is 11.4. The SMILES string of the molecule is CC[C@H](Cc1ccccc1)[C@@H](Cc1ccc(OC(F)(F)F)cc1)[C@H](C)OC(=O)[C@H](C)CC(=O)c1nccc(OC)c1O. The largest absolute Gasteiger partial charge is 0.573 e. The van der Waals surface area contributed by atoms with Crippen molar-refractivity contribution in [3.05, 3.63) is 83.7 Å². The Morgan fingerprint density at radius 3 is 2.19 bits per heavy atom. The Bertz CT molecular complexity index is 1310. The molecule has 42 heavy (non-hydrogen) atoms. The van der Waals surface area contributed by atoms with E-state index in [9.17, 15) is 27.9 Å². The predicted molar refractivity (Wildman–Crippen MR) is 150 cm³/mol. The maximum Gasteiger partial charge on any atom is 0.573 e. The zero-order chi connectivity index (χ0) is 30.9. The lowest BCUT2D eigenvalue weighted by Gasteiger charge is -2.32. The lowest BCUT2D eigenvalue weighted by molar-refractivity contribution is -0.274. The van der Waals surface area contributed by atoms with Crippen LogP contribution in [0.5, 0.6) is 17.2 Å². The molecule has 0 spiro atoms. The van der Waals surface area contributed by atoms with Gasteiger partial charge in [0, 0.05) is 24.6 Å². The van der Waals surface area contributed by atoms with E-state index in [0.717, 1.165) is 17.5 Å². The zero-order valence-corrected chi connectivity index (χ0v) is 24.1. The van der Waals surface area contributed by atoms with E-state index < -0.39 is 35.9 Å². The van der Waals surface area contributed by atoms with Gasteiger partial charge in [0.1, 0.15) is 11.9 Å². The third kappa shape index (κ3) is 9.22. The average Bonchev–Trinajstić information content (AvgIpc) is 2.95. The number of methoxy groups -OCH3 is 1. The van der Waals surface area contributed by atoms with Crippen LogP contribution in [0.1, 0.15) is 55.2 Å². The van der Waals surface area contributed by atoms with E-state index in [1.165, 1.54) is 31.5 Å². The summed E-state index contributed by atoms with van der Waals surface area (Å²) in [4.78, 5) is 29.9. The van der Waals surface area contributed by atoms with Crippen molar-refractivity contribution in [3.8, 4) is 17.2 Å². The van der Waals surface area contributed by atoms with E-state index >= 15 is 0 Å². The molecule has 1 aromatic heterocycles. The number of carbonyl (C=O) groups is 2. The second-order valence-electron chi connectivity index (χ2n) is 10.3. The number of pyridine rings is 1. The third-order valence-corrected chi connectivity index (χ3v) is 7.27. The smallest absolute Gasteiger partial charge is 0.503 e. The van der Waals surface area contributed by atoms with Gasteiger partial charge in [0.25, 0.3) is 0 Å². The molecule has 226 valence electrons. The van der Waals surface area contributed by atoms with Crippen LogP contribution in [0, 0.1) is 17.8 Å². The molecule has 0 saturated heterocycles. The molecule has 4 atom stereocenters. The maximum absolute atomic E-state index is 13.1. The van der Waals surface area contributed by atoms with Crippen LogP contribution in [0.3, 0.4) is 0 Å². The van der Waals surface area contributed by atoms with E-state index in [0.29, 0.717) is 12.8 Å². The van der Waals surface area contributed by atoms with E-state index in [2.05, 4.69) is 9.72 Å². The Morgan fingerprint density at radius 2 is 1.60 bits per heavy atom. The number of Topliss-reactive ketones (excluding diaryl/α,β-unsaturated/α-hetero) is 1. The number of alkyl halides is 3. The second-order valence-corrected chi connectivity index (χ2v) is 10.3. The third-order valence-electron chi connectivity index (χ3n) is 7.27. The molecular formula is C32H36F3NO6. The molecule has 0 unspecified atom stereocenters. The van der Waals surface area contributed by atoms with Crippen molar-refractivity contribution in [2.24, 2.45) is 17.8 Å². The van der Waals surface area contributed by atoms with Gasteiger partial charge in [-0.15, -0.1) is 13.2 Å². The molecule has 0 fully saturated rings. The summed E-state index contributed by atoms with van der Waals surface area (Å²) in [7, 11) is 1.35. The molecule has 2 aromatic carbocycles. The minimum Gasteiger partial charge on any atom is -0.503 e. The molecule has 0 amide bonds. The maximum atomic E-state index is 13.1. The number of hydrogen-bond acceptors (Lipinski definition) is 7. The van der Waals surface area contributed by atoms with E-state index in [-0.39, 0.29) is 35.4 Å². The fraction of sp³-hybridized carbons (Fsp3) is 0.406. The minimum absolute atomic E-state index is 0.0798. The highest BCUT2D eigenvalue weighted by Gasteiger charge is 2.33. The molecular weight excluding hydrogens is 551 g/mol. The van der Waals surface area contributed by atoms with Crippen molar-refractivity contribution in [3.63, 3.8) is 0 Å². The molecule has 1 heterocycles. The summed E-state index contributed by atoms with van der Waals surface area (Å²) in [6, 6.07) is 17.0. The van der Waals surface area contributed by atoms with Gasteiger partial charge in [-0.2, -0.15) is 0 Å². The molecule has 0 aliphatic heterocycles. The normalized spacial score (nSPS) is 14.4. The fourth-order valence-corrected chi connectivity index (χ4v) is 4.98. The minimum atomic E-state index is -4.78. The molecule has 10 heteroatoms. The van der Waals surface area contributed by atoms with E-state index in [1.54, 1.807) is 26.0 Å². The first-order valence-corrected chi connectivity index (χ1v) is 13.8. The average molecular weight is 588 g/mol. The number of rotatable bonds is 14. The van der Waals surface area contributed by atoms with Crippen molar-refractivity contribution in [1.82, 2.24) is 4.98 Å². The summed E-state index contributed by atoms with van der Waals surface area (Å²) >= 11 is 0. The van der Waals surface area contributed by atoms with Gasteiger partial charge < -0.3 is 19.3 Å². The number of ether oxygens (including phenoxy) is 3. The van der Waals surface area contributed by atoms with Gasteiger partial charge >= 0.3 is 12.3 Å². The molecule has 0 aliphatic rings. The lowest BCUT2D eigenvalue weighted by Crippen LogP contribution is -2.34. The van der Waals surface area contributed by atoms with Crippen LogP contribution in [0.2, 0.25) is 0 Å². The van der Waals surface area contributed by atoms with Crippen molar-refractivity contribution in [2.45, 2.75) is 58.9 Å². The topological polar surface area (TPSA) is 95.0 Å².